The Kier molecular flexibility index (Phi) is 5.98. The molecule has 2 rings (SSSR count). The van der Waals surface area contributed by atoms with Gasteiger partial charge in [-0.3, -0.25) is 9.59 Å². The van der Waals surface area contributed by atoms with Crippen molar-refractivity contribution in [2.75, 3.05) is 31.2 Å². The van der Waals surface area contributed by atoms with Crippen molar-refractivity contribution in [2.45, 2.75) is 30.4 Å². The Morgan fingerprint density at radius 3 is 2.68 bits per heavy atom. The van der Waals surface area contributed by atoms with E-state index in [-0.39, 0.29) is 30.5 Å². The summed E-state index contributed by atoms with van der Waals surface area (Å²) in [7, 11) is 0. The minimum Gasteiger partial charge on any atom is -0.455 e. The number of esters is 1. The minimum absolute atomic E-state index is 0.0122. The molecule has 2 N–H and O–H groups in total. The summed E-state index contributed by atoms with van der Waals surface area (Å²) < 4.78 is 11.1. The molecule has 0 radical (unpaired) electrons. The second-order valence-corrected chi connectivity index (χ2v) is 7.14. The van der Waals surface area contributed by atoms with E-state index < -0.39 is 5.97 Å². The summed E-state index contributed by atoms with van der Waals surface area (Å²) in [6, 6.07) is 0. The molecule has 1 aromatic heterocycles. The van der Waals surface area contributed by atoms with Gasteiger partial charge in [0.05, 0.1) is 18.0 Å². The van der Waals surface area contributed by atoms with Crippen molar-refractivity contribution in [3.63, 3.8) is 0 Å². The first-order valence-electron chi connectivity index (χ1n) is 6.74. The first kappa shape index (κ1) is 17.0. The maximum atomic E-state index is 12.0. The third-order valence-corrected chi connectivity index (χ3v) is 4.72. The third-order valence-electron chi connectivity index (χ3n) is 2.86. The molecule has 2 unspecified atom stereocenters. The van der Waals surface area contributed by atoms with Crippen LogP contribution in [-0.2, 0) is 19.1 Å². The molecule has 10 heteroatoms. The predicted molar refractivity (Wildman–Crippen MR) is 82.6 cm³/mol. The molecule has 22 heavy (non-hydrogen) atoms. The number of carbonyl (C=O) groups excluding carboxylic acids is 2. The number of anilines is 1. The average molecular weight is 346 g/mol. The Balaban J connectivity index is 1.70. The number of rotatable bonds is 5. The van der Waals surface area contributed by atoms with E-state index in [0.717, 1.165) is 0 Å². The van der Waals surface area contributed by atoms with Crippen molar-refractivity contribution in [1.82, 2.24) is 15.1 Å². The van der Waals surface area contributed by atoms with Crippen molar-refractivity contribution in [2.24, 2.45) is 0 Å². The summed E-state index contributed by atoms with van der Waals surface area (Å²) in [5, 5.41) is 7.78. The maximum absolute atomic E-state index is 12.0. The van der Waals surface area contributed by atoms with E-state index in [4.69, 9.17) is 15.2 Å². The normalized spacial score (nSPS) is 21.6. The number of aromatic nitrogens is 2. The van der Waals surface area contributed by atoms with E-state index in [9.17, 15) is 9.59 Å². The maximum Gasteiger partial charge on any atom is 0.316 e. The van der Waals surface area contributed by atoms with Crippen molar-refractivity contribution < 1.29 is 19.1 Å². The summed E-state index contributed by atoms with van der Waals surface area (Å²) in [4.78, 5) is 25.3. The fourth-order valence-electron chi connectivity index (χ4n) is 2.06. The smallest absolute Gasteiger partial charge is 0.316 e. The van der Waals surface area contributed by atoms with E-state index >= 15 is 0 Å². The monoisotopic (exact) mass is 346 g/mol. The van der Waals surface area contributed by atoms with Gasteiger partial charge in [0.25, 0.3) is 5.91 Å². The van der Waals surface area contributed by atoms with Crippen LogP contribution in [0.1, 0.15) is 13.8 Å². The van der Waals surface area contributed by atoms with Gasteiger partial charge in [-0.05, 0) is 13.8 Å². The number of amides is 1. The SMILES string of the molecule is CC1CN(C(=O)COC(=O)CSc2nnc(N)s2)CC(C)O1. The number of morpholine rings is 1. The molecule has 2 heterocycles. The molecule has 1 saturated heterocycles. The lowest BCUT2D eigenvalue weighted by Gasteiger charge is -2.35. The molecule has 0 saturated carbocycles. The molecule has 0 bridgehead atoms. The van der Waals surface area contributed by atoms with Crippen LogP contribution in [-0.4, -0.2) is 64.6 Å². The highest BCUT2D eigenvalue weighted by atomic mass is 32.2. The summed E-state index contributed by atoms with van der Waals surface area (Å²) in [6.07, 6.45) is -0.0244. The highest BCUT2D eigenvalue weighted by Crippen LogP contribution is 2.23. The van der Waals surface area contributed by atoms with Gasteiger partial charge in [-0.15, -0.1) is 10.2 Å². The molecule has 122 valence electrons. The first-order chi connectivity index (χ1) is 10.4. The second kappa shape index (κ2) is 7.75. The van der Waals surface area contributed by atoms with Crippen LogP contribution in [0.5, 0.6) is 0 Å². The number of hydrogen-bond donors (Lipinski definition) is 1. The van der Waals surface area contributed by atoms with Crippen LogP contribution in [0.3, 0.4) is 0 Å². The van der Waals surface area contributed by atoms with Gasteiger partial charge in [0.1, 0.15) is 0 Å². The standard InChI is InChI=1S/C12H18N4O4S2/c1-7-3-16(4-8(2)20-7)9(17)5-19-10(18)6-21-12-15-14-11(13)22-12/h7-8H,3-6H2,1-2H3,(H2,13,14). The van der Waals surface area contributed by atoms with Crippen LogP contribution in [0.25, 0.3) is 0 Å². The van der Waals surface area contributed by atoms with Gasteiger partial charge in [0.2, 0.25) is 5.13 Å². The lowest BCUT2D eigenvalue weighted by Crippen LogP contribution is -2.49. The van der Waals surface area contributed by atoms with Crippen LogP contribution in [0.15, 0.2) is 4.34 Å². The fraction of sp³-hybridized carbons (Fsp3) is 0.667. The van der Waals surface area contributed by atoms with E-state index in [0.29, 0.717) is 22.6 Å². The van der Waals surface area contributed by atoms with Gasteiger partial charge < -0.3 is 20.1 Å². The molecule has 0 aliphatic carbocycles. The Morgan fingerprint density at radius 2 is 2.09 bits per heavy atom. The number of nitrogens with zero attached hydrogens (tertiary/aromatic N) is 3. The van der Waals surface area contributed by atoms with Crippen molar-refractivity contribution in [1.29, 1.82) is 0 Å². The number of nitrogens with two attached hydrogens (primary N) is 1. The lowest BCUT2D eigenvalue weighted by atomic mass is 10.2. The van der Waals surface area contributed by atoms with Gasteiger partial charge in [-0.1, -0.05) is 23.1 Å². The van der Waals surface area contributed by atoms with Gasteiger partial charge in [-0.2, -0.15) is 0 Å². The quantitative estimate of drug-likeness (QED) is 0.603. The van der Waals surface area contributed by atoms with Crippen LogP contribution in [0, 0.1) is 0 Å². The minimum atomic E-state index is -0.471. The lowest BCUT2D eigenvalue weighted by molar-refractivity contribution is -0.155. The first-order valence-corrected chi connectivity index (χ1v) is 8.55. The molecule has 0 spiro atoms. The van der Waals surface area contributed by atoms with Crippen molar-refractivity contribution in [3.05, 3.63) is 0 Å². The zero-order valence-electron chi connectivity index (χ0n) is 12.4. The molecule has 8 nitrogen and oxygen atoms in total. The fourth-order valence-corrected chi connectivity index (χ4v) is 3.49. The van der Waals surface area contributed by atoms with E-state index in [1.54, 1.807) is 4.90 Å². The van der Waals surface area contributed by atoms with Gasteiger partial charge in [-0.25, -0.2) is 0 Å². The molecule has 1 aliphatic rings. The molecule has 1 aliphatic heterocycles. The van der Waals surface area contributed by atoms with E-state index in [1.807, 2.05) is 13.8 Å². The Bertz CT molecular complexity index is 529. The molecule has 1 amide bonds. The van der Waals surface area contributed by atoms with Crippen LogP contribution in [0.4, 0.5) is 5.13 Å². The number of thioether (sulfide) groups is 1. The summed E-state index contributed by atoms with van der Waals surface area (Å²) >= 11 is 2.38. The van der Waals surface area contributed by atoms with Crippen LogP contribution >= 0.6 is 23.1 Å². The Morgan fingerprint density at radius 1 is 1.41 bits per heavy atom. The van der Waals surface area contributed by atoms with Gasteiger partial charge >= 0.3 is 5.97 Å². The zero-order chi connectivity index (χ0) is 16.1. The second-order valence-electron chi connectivity index (χ2n) is 4.91. The van der Waals surface area contributed by atoms with Gasteiger partial charge in [0.15, 0.2) is 10.9 Å². The Hall–Kier alpha value is -1.39. The summed E-state index contributed by atoms with van der Waals surface area (Å²) in [5.41, 5.74) is 5.44. The van der Waals surface area contributed by atoms with Crippen LogP contribution in [0.2, 0.25) is 0 Å². The summed E-state index contributed by atoms with van der Waals surface area (Å²) in [5.74, 6) is -0.611. The average Bonchev–Trinajstić information content (AvgIpc) is 2.87. The van der Waals surface area contributed by atoms with Crippen LogP contribution < -0.4 is 5.73 Å². The molecule has 2 atom stereocenters. The topological polar surface area (TPSA) is 108 Å². The van der Waals surface area contributed by atoms with Gasteiger partial charge in [0, 0.05) is 13.1 Å². The number of nitrogen functional groups attached to an aromatic ring is 1. The number of ether oxygens (including phenoxy) is 2. The predicted octanol–water partition coefficient (Wildman–Crippen LogP) is 0.391. The zero-order valence-corrected chi connectivity index (χ0v) is 14.0. The molecule has 1 aromatic rings. The molecule has 0 aromatic carbocycles. The highest BCUT2D eigenvalue weighted by Gasteiger charge is 2.26. The van der Waals surface area contributed by atoms with Crippen molar-refractivity contribution >= 4 is 40.1 Å². The van der Waals surface area contributed by atoms with Crippen molar-refractivity contribution in [3.8, 4) is 0 Å². The number of carbonyl (C=O) groups is 2. The molecular weight excluding hydrogens is 328 g/mol. The number of hydrogen-bond acceptors (Lipinski definition) is 9. The third kappa shape index (κ3) is 5.11. The van der Waals surface area contributed by atoms with E-state index in [1.165, 1.54) is 23.1 Å². The Labute approximate surface area is 136 Å². The largest absolute Gasteiger partial charge is 0.455 e. The molecule has 1 fully saturated rings. The summed E-state index contributed by atoms with van der Waals surface area (Å²) in [6.45, 7) is 4.59. The highest BCUT2D eigenvalue weighted by molar-refractivity contribution is 8.01. The van der Waals surface area contributed by atoms with E-state index in [2.05, 4.69) is 10.2 Å². The molecular formula is C12H18N4O4S2.